The molecule has 4 heavy (non-hydrogen) atoms. The van der Waals surface area contributed by atoms with Gasteiger partial charge in [-0.2, -0.15) is 0 Å². The van der Waals surface area contributed by atoms with Gasteiger partial charge in [-0.15, -0.1) is 0 Å². The first kappa shape index (κ1) is 51.0. The van der Waals surface area contributed by atoms with Gasteiger partial charge in [0.05, 0.1) is 0 Å². The predicted octanol–water partition coefficient (Wildman–Crippen LogP) is -2.37. The van der Waals surface area contributed by atoms with Gasteiger partial charge >= 0.3 is 0 Å². The summed E-state index contributed by atoms with van der Waals surface area (Å²) in [6, 6.07) is 0. The van der Waals surface area contributed by atoms with Crippen molar-refractivity contribution in [1.82, 2.24) is 0 Å². The molecule has 0 bridgehead atoms. The van der Waals surface area contributed by atoms with Crippen LogP contribution < -0.4 is 0 Å². The Hall–Kier alpha value is 1.46. The van der Waals surface area contributed by atoms with Crippen LogP contribution in [-0.2, 0) is 33.9 Å². The van der Waals surface area contributed by atoms with Gasteiger partial charge in [0.2, 0.25) is 0 Å². The van der Waals surface area contributed by atoms with Crippen LogP contribution in [0.1, 0.15) is 0 Å². The quantitative estimate of drug-likeness (QED) is 0.359. The Morgan fingerprint density at radius 2 is 0.750 bits per heavy atom. The van der Waals surface area contributed by atoms with Crippen LogP contribution in [0.15, 0.2) is 0 Å². The molecule has 0 aromatic heterocycles. The molecular weight excluding hydrogens is 167 g/mol. The van der Waals surface area contributed by atoms with Gasteiger partial charge in [0.25, 0.3) is 0 Å². The molecule has 0 saturated carbocycles. The van der Waals surface area contributed by atoms with Gasteiger partial charge in [-0.3, -0.25) is 0 Å². The van der Waals surface area contributed by atoms with Crippen molar-refractivity contribution in [3.05, 3.63) is 0 Å². The summed E-state index contributed by atoms with van der Waals surface area (Å²) in [6.45, 7) is 0. The summed E-state index contributed by atoms with van der Waals surface area (Å²) < 4.78 is 0. The molecular formula is H6CrNiSi2. The SMILES string of the molecule is [Cr].[Ni].[SiH3].[SiH3]. The Balaban J connectivity index is 0. The molecule has 0 heterocycles. The van der Waals surface area contributed by atoms with Gasteiger partial charge in [0.15, 0.2) is 0 Å². The summed E-state index contributed by atoms with van der Waals surface area (Å²) in [4.78, 5) is 0. The first-order valence-electron chi connectivity index (χ1n) is 0. The summed E-state index contributed by atoms with van der Waals surface area (Å²) in [5.74, 6) is 0. The fourth-order valence-corrected chi connectivity index (χ4v) is 0. The van der Waals surface area contributed by atoms with Crippen LogP contribution >= 0.6 is 0 Å². The van der Waals surface area contributed by atoms with E-state index in [1.165, 1.54) is 0 Å². The van der Waals surface area contributed by atoms with E-state index in [-0.39, 0.29) is 55.8 Å². The Morgan fingerprint density at radius 1 is 0.750 bits per heavy atom. The van der Waals surface area contributed by atoms with Crippen molar-refractivity contribution in [3.8, 4) is 0 Å². The van der Waals surface area contributed by atoms with E-state index in [2.05, 4.69) is 0 Å². The van der Waals surface area contributed by atoms with Gasteiger partial charge in [0.1, 0.15) is 0 Å². The molecule has 0 rings (SSSR count). The van der Waals surface area contributed by atoms with E-state index in [4.69, 9.17) is 0 Å². The van der Waals surface area contributed by atoms with Crippen molar-refractivity contribution in [2.75, 3.05) is 0 Å². The maximum absolute atomic E-state index is 0. The van der Waals surface area contributed by atoms with Crippen molar-refractivity contribution < 1.29 is 33.9 Å². The number of hydrogen-bond acceptors (Lipinski definition) is 0. The number of hydrogen-bond donors (Lipinski definition) is 0. The first-order chi connectivity index (χ1) is 0. The fourth-order valence-electron chi connectivity index (χ4n) is 0. The molecule has 30 valence electrons. The first-order valence-corrected chi connectivity index (χ1v) is 0. The minimum atomic E-state index is 0. The molecule has 0 unspecified atom stereocenters. The van der Waals surface area contributed by atoms with Gasteiger partial charge in [0, 0.05) is 33.9 Å². The zero-order valence-corrected chi connectivity index (χ0v) is 8.99. The Kier molecular flexibility index (Phi) is 319. The fraction of sp³-hybridized carbons (Fsp3) is 0. The molecule has 0 spiro atoms. The minimum Gasteiger partial charge on any atom is -0.0125 e. The third-order valence-corrected chi connectivity index (χ3v) is 0. The average molecular weight is 173 g/mol. The molecule has 0 fully saturated rings. The van der Waals surface area contributed by atoms with Crippen LogP contribution in [-0.4, -0.2) is 21.9 Å². The summed E-state index contributed by atoms with van der Waals surface area (Å²) in [6.07, 6.45) is 0. The summed E-state index contributed by atoms with van der Waals surface area (Å²) in [5.41, 5.74) is 0. The average Bonchev–Trinajstić information content (AvgIpc) is 0. The smallest absolute Gasteiger partial charge is 0 e. The minimum absolute atomic E-state index is 0. The van der Waals surface area contributed by atoms with E-state index in [1.807, 2.05) is 0 Å². The topological polar surface area (TPSA) is 0 Å². The predicted molar refractivity (Wildman–Crippen MR) is 19.9 cm³/mol. The van der Waals surface area contributed by atoms with Crippen LogP contribution in [0.25, 0.3) is 0 Å². The Morgan fingerprint density at radius 3 is 0.750 bits per heavy atom. The van der Waals surface area contributed by atoms with E-state index in [0.29, 0.717) is 0 Å². The normalized spacial score (nSPS) is 0. The summed E-state index contributed by atoms with van der Waals surface area (Å²) >= 11 is 0. The molecule has 0 N–H and O–H groups in total. The molecule has 0 aliphatic heterocycles. The molecule has 0 aromatic carbocycles. The second-order valence-electron chi connectivity index (χ2n) is 0. The Bertz CT molecular complexity index is 6.00. The van der Waals surface area contributed by atoms with Crippen molar-refractivity contribution in [2.24, 2.45) is 0 Å². The largest absolute Gasteiger partial charge is 0.0125 e. The third-order valence-electron chi connectivity index (χ3n) is 0. The van der Waals surface area contributed by atoms with Gasteiger partial charge < -0.3 is 0 Å². The Labute approximate surface area is 55.8 Å². The van der Waals surface area contributed by atoms with Crippen LogP contribution in [0.3, 0.4) is 0 Å². The second kappa shape index (κ2) is 25.1. The summed E-state index contributed by atoms with van der Waals surface area (Å²) in [5, 5.41) is 0. The standard InChI is InChI=1S/Cr.Ni.2H3Si/h;;2*1H3. The van der Waals surface area contributed by atoms with Gasteiger partial charge in [-0.05, 0) is 21.9 Å². The van der Waals surface area contributed by atoms with Crippen molar-refractivity contribution in [3.63, 3.8) is 0 Å². The van der Waals surface area contributed by atoms with Crippen LogP contribution in [0.4, 0.5) is 0 Å². The maximum atomic E-state index is 0. The summed E-state index contributed by atoms with van der Waals surface area (Å²) in [7, 11) is 0. The van der Waals surface area contributed by atoms with E-state index >= 15 is 0 Å². The van der Waals surface area contributed by atoms with Crippen LogP contribution in [0, 0.1) is 0 Å². The molecule has 0 aliphatic rings. The molecule has 0 nitrogen and oxygen atoms in total. The molecule has 0 saturated heterocycles. The molecule has 4 heteroatoms. The van der Waals surface area contributed by atoms with Gasteiger partial charge in [-0.1, -0.05) is 0 Å². The zero-order chi connectivity index (χ0) is 0. The zero-order valence-electron chi connectivity index (χ0n) is 2.72. The van der Waals surface area contributed by atoms with Crippen molar-refractivity contribution in [2.45, 2.75) is 0 Å². The molecule has 0 aliphatic carbocycles. The second-order valence-corrected chi connectivity index (χ2v) is 0. The van der Waals surface area contributed by atoms with Crippen molar-refractivity contribution in [1.29, 1.82) is 0 Å². The number of rotatable bonds is 0. The van der Waals surface area contributed by atoms with E-state index in [1.54, 1.807) is 0 Å². The maximum Gasteiger partial charge on any atom is 0 e. The molecule has 0 atom stereocenters. The van der Waals surface area contributed by atoms with Crippen molar-refractivity contribution >= 4 is 21.9 Å². The third kappa shape index (κ3) is 9.82. The van der Waals surface area contributed by atoms with Crippen LogP contribution in [0.5, 0.6) is 0 Å². The van der Waals surface area contributed by atoms with E-state index in [9.17, 15) is 0 Å². The van der Waals surface area contributed by atoms with Gasteiger partial charge in [-0.25, -0.2) is 0 Å². The molecule has 0 aromatic rings. The van der Waals surface area contributed by atoms with Crippen LogP contribution in [0.2, 0.25) is 0 Å². The monoisotopic (exact) mass is 172 g/mol. The molecule has 0 amide bonds. The van der Waals surface area contributed by atoms with E-state index in [0.717, 1.165) is 0 Å². The van der Waals surface area contributed by atoms with E-state index < -0.39 is 0 Å². The molecule has 2 radical (unpaired) electrons.